The molecule has 1 fully saturated rings. The molecule has 1 heterocycles. The lowest BCUT2D eigenvalue weighted by molar-refractivity contribution is -0.00472. The summed E-state index contributed by atoms with van der Waals surface area (Å²) in [6.45, 7) is 6.73. The van der Waals surface area contributed by atoms with Gasteiger partial charge in [-0.05, 0) is 54.4 Å². The van der Waals surface area contributed by atoms with E-state index in [2.05, 4.69) is 46.7 Å². The van der Waals surface area contributed by atoms with Crippen molar-refractivity contribution in [1.29, 1.82) is 0 Å². The summed E-state index contributed by atoms with van der Waals surface area (Å²) in [6, 6.07) is 6.77. The van der Waals surface area contributed by atoms with Gasteiger partial charge >= 0.3 is 5.69 Å². The lowest BCUT2D eigenvalue weighted by Gasteiger charge is -2.44. The molecule has 29 heavy (non-hydrogen) atoms. The number of benzene rings is 1. The van der Waals surface area contributed by atoms with Gasteiger partial charge in [-0.25, -0.2) is 9.36 Å². The van der Waals surface area contributed by atoms with Crippen molar-refractivity contribution in [3.05, 3.63) is 55.1 Å². The van der Waals surface area contributed by atoms with E-state index in [9.17, 15) is 19.8 Å². The van der Waals surface area contributed by atoms with Crippen LogP contribution in [0.5, 0.6) is 5.88 Å². The second-order valence-electron chi connectivity index (χ2n) is 8.99. The lowest BCUT2D eigenvalue weighted by Crippen LogP contribution is -2.40. The van der Waals surface area contributed by atoms with Crippen LogP contribution in [0.15, 0.2) is 43.3 Å². The van der Waals surface area contributed by atoms with Crippen LogP contribution in [0.25, 0.3) is 5.69 Å². The van der Waals surface area contributed by atoms with Crippen LogP contribution in [0.2, 0.25) is 0 Å². The molecule has 0 saturated heterocycles. The number of aliphatic hydroxyl groups is 1. The van der Waals surface area contributed by atoms with Crippen molar-refractivity contribution in [3.8, 4) is 11.6 Å². The first kappa shape index (κ1) is 21.5. The third kappa shape index (κ3) is 4.87. The number of halogens is 1. The van der Waals surface area contributed by atoms with Crippen LogP contribution in [0.4, 0.5) is 0 Å². The van der Waals surface area contributed by atoms with Crippen LogP contribution in [-0.2, 0) is 0 Å². The van der Waals surface area contributed by atoms with Crippen LogP contribution in [0.1, 0.15) is 45.6 Å². The second kappa shape index (κ2) is 7.91. The predicted molar refractivity (Wildman–Crippen MR) is 116 cm³/mol. The highest BCUT2D eigenvalue weighted by Crippen LogP contribution is 2.46. The minimum absolute atomic E-state index is 0.0103. The molecule has 0 unspecified atom stereocenters. The van der Waals surface area contributed by atoms with Gasteiger partial charge in [-0.2, -0.15) is 0 Å². The van der Waals surface area contributed by atoms with Crippen LogP contribution in [-0.4, -0.2) is 38.6 Å². The highest BCUT2D eigenvalue weighted by Gasteiger charge is 2.40. The molecule has 0 spiro atoms. The molecule has 1 aromatic heterocycles. The number of aromatic nitrogens is 2. The molecular weight excluding hydrogens is 438 g/mol. The Morgan fingerprint density at radius 2 is 1.90 bits per heavy atom. The number of aliphatic hydroxyl groups excluding tert-OH is 1. The average Bonchev–Trinajstić information content (AvgIpc) is 2.57. The molecule has 1 aromatic carbocycles. The smallest absolute Gasteiger partial charge is 0.335 e. The van der Waals surface area contributed by atoms with Gasteiger partial charge in [0.25, 0.3) is 5.56 Å². The van der Waals surface area contributed by atoms with Crippen molar-refractivity contribution in [2.24, 2.45) is 15.8 Å². The number of aliphatic imine (C=N–C) groups is 1. The van der Waals surface area contributed by atoms with Crippen LogP contribution in [0.3, 0.4) is 0 Å². The molecule has 3 N–H and O–H groups in total. The maximum atomic E-state index is 12.2. The minimum atomic E-state index is -0.726. The summed E-state index contributed by atoms with van der Waals surface area (Å²) >= 11 is 3.32. The Morgan fingerprint density at radius 1 is 1.24 bits per heavy atom. The van der Waals surface area contributed by atoms with Gasteiger partial charge in [0.05, 0.1) is 11.8 Å². The van der Waals surface area contributed by atoms with Crippen LogP contribution in [0, 0.1) is 10.8 Å². The molecule has 1 aliphatic carbocycles. The zero-order chi connectivity index (χ0) is 21.4. The highest BCUT2D eigenvalue weighted by molar-refractivity contribution is 9.10. The molecule has 1 aliphatic rings. The third-order valence-electron chi connectivity index (χ3n) is 5.32. The van der Waals surface area contributed by atoms with E-state index in [4.69, 9.17) is 0 Å². The van der Waals surface area contributed by atoms with Crippen molar-refractivity contribution >= 4 is 22.1 Å². The zero-order valence-electron chi connectivity index (χ0n) is 16.8. The van der Waals surface area contributed by atoms with Gasteiger partial charge in [-0.3, -0.25) is 14.8 Å². The lowest BCUT2D eigenvalue weighted by atomic mass is 9.63. The molecule has 7 nitrogen and oxygen atoms in total. The standard InChI is InChI=1S/C21H26BrN3O4/c1-20(2)8-15(26)9-21(3,11-20)12-23-10-16-17(27)24-19(29)25(18(16)28)14-6-4-13(22)5-7-14/h4-7,10,15,26,28H,8-9,11-12H2,1-3H3,(H,24,27,29)/t15-,21-/m0/s1. The number of nitrogens with zero attached hydrogens (tertiary/aromatic N) is 2. The maximum Gasteiger partial charge on any atom is 0.335 e. The van der Waals surface area contributed by atoms with Crippen LogP contribution < -0.4 is 11.2 Å². The van der Waals surface area contributed by atoms with Gasteiger partial charge in [0.2, 0.25) is 5.88 Å². The van der Waals surface area contributed by atoms with E-state index in [-0.39, 0.29) is 22.5 Å². The van der Waals surface area contributed by atoms with Gasteiger partial charge in [-0.1, -0.05) is 36.7 Å². The number of aromatic amines is 1. The van der Waals surface area contributed by atoms with Crippen molar-refractivity contribution < 1.29 is 10.2 Å². The summed E-state index contributed by atoms with van der Waals surface area (Å²) in [5.74, 6) is -0.459. The predicted octanol–water partition coefficient (Wildman–Crippen LogP) is 2.99. The molecule has 0 aliphatic heterocycles. The summed E-state index contributed by atoms with van der Waals surface area (Å²) in [7, 11) is 0. The normalized spacial score (nSPS) is 24.1. The molecule has 2 atom stereocenters. The summed E-state index contributed by atoms with van der Waals surface area (Å²) in [6.07, 6.45) is 3.21. The van der Waals surface area contributed by atoms with Crippen molar-refractivity contribution in [3.63, 3.8) is 0 Å². The van der Waals surface area contributed by atoms with E-state index in [1.165, 1.54) is 6.21 Å². The summed E-state index contributed by atoms with van der Waals surface area (Å²) < 4.78 is 1.86. The quantitative estimate of drug-likeness (QED) is 0.605. The average molecular weight is 464 g/mol. The summed E-state index contributed by atoms with van der Waals surface area (Å²) in [5, 5.41) is 20.8. The number of aromatic hydroxyl groups is 1. The fourth-order valence-corrected chi connectivity index (χ4v) is 4.81. The monoisotopic (exact) mass is 463 g/mol. The van der Waals surface area contributed by atoms with Crippen LogP contribution >= 0.6 is 15.9 Å². The van der Waals surface area contributed by atoms with Crippen molar-refractivity contribution in [2.75, 3.05) is 6.54 Å². The first-order valence-corrected chi connectivity index (χ1v) is 10.3. The van der Waals surface area contributed by atoms with E-state index in [1.54, 1.807) is 24.3 Å². The molecular formula is C21H26BrN3O4. The van der Waals surface area contributed by atoms with E-state index in [1.807, 2.05) is 0 Å². The van der Waals surface area contributed by atoms with Gasteiger partial charge in [0.15, 0.2) is 0 Å². The van der Waals surface area contributed by atoms with E-state index >= 15 is 0 Å². The Labute approximate surface area is 177 Å². The Balaban J connectivity index is 1.91. The number of H-pyrrole nitrogens is 1. The van der Waals surface area contributed by atoms with Gasteiger partial charge in [0, 0.05) is 17.2 Å². The van der Waals surface area contributed by atoms with Gasteiger partial charge < -0.3 is 10.2 Å². The second-order valence-corrected chi connectivity index (χ2v) is 9.91. The molecule has 1 saturated carbocycles. The third-order valence-corrected chi connectivity index (χ3v) is 5.85. The molecule has 0 radical (unpaired) electrons. The fourth-order valence-electron chi connectivity index (χ4n) is 4.54. The Bertz CT molecular complexity index is 1040. The first-order valence-electron chi connectivity index (χ1n) is 9.52. The van der Waals surface area contributed by atoms with Gasteiger partial charge in [0.1, 0.15) is 5.56 Å². The molecule has 8 heteroatoms. The molecule has 3 rings (SSSR count). The number of rotatable bonds is 4. The zero-order valence-corrected chi connectivity index (χ0v) is 18.4. The van der Waals surface area contributed by atoms with Crippen molar-refractivity contribution in [1.82, 2.24) is 9.55 Å². The Morgan fingerprint density at radius 3 is 2.52 bits per heavy atom. The molecule has 2 aromatic rings. The van der Waals surface area contributed by atoms with E-state index < -0.39 is 17.1 Å². The molecule has 0 amide bonds. The topological polar surface area (TPSA) is 108 Å². The number of nitrogens with one attached hydrogen (secondary N) is 1. The summed E-state index contributed by atoms with van der Waals surface area (Å²) in [5.41, 5.74) is -1.27. The molecule has 0 bridgehead atoms. The molecule has 156 valence electrons. The van der Waals surface area contributed by atoms with E-state index in [0.717, 1.165) is 21.9 Å². The minimum Gasteiger partial charge on any atom is -0.493 e. The number of hydrogen-bond acceptors (Lipinski definition) is 5. The fraction of sp³-hybridized carbons (Fsp3) is 0.476. The highest BCUT2D eigenvalue weighted by atomic mass is 79.9. The Kier molecular flexibility index (Phi) is 5.87. The largest absolute Gasteiger partial charge is 0.493 e. The summed E-state index contributed by atoms with van der Waals surface area (Å²) in [4.78, 5) is 31.1. The SMILES string of the molecule is CC1(C)C[C@H](O)C[C@](C)(CN=Cc2c(O)n(-c3ccc(Br)cc3)c(=O)[nH]c2=O)C1. The van der Waals surface area contributed by atoms with Crippen molar-refractivity contribution in [2.45, 2.75) is 46.1 Å². The maximum absolute atomic E-state index is 12.2. The number of hydrogen-bond donors (Lipinski definition) is 3. The Hall–Kier alpha value is -2.19. The first-order chi connectivity index (χ1) is 13.5. The van der Waals surface area contributed by atoms with E-state index in [0.29, 0.717) is 18.7 Å². The van der Waals surface area contributed by atoms with Gasteiger partial charge in [-0.15, -0.1) is 0 Å².